The van der Waals surface area contributed by atoms with Gasteiger partial charge in [0.15, 0.2) is 0 Å². The van der Waals surface area contributed by atoms with E-state index in [4.69, 9.17) is 0 Å². The number of benzene rings is 1. The Bertz CT molecular complexity index is 539. The first-order valence-corrected chi connectivity index (χ1v) is 7.14. The molecule has 102 valence electrons. The Morgan fingerprint density at radius 1 is 1.42 bits per heavy atom. The molecule has 0 amide bonds. The van der Waals surface area contributed by atoms with Gasteiger partial charge in [0.05, 0.1) is 13.1 Å². The zero-order chi connectivity index (χ0) is 13.7. The van der Waals surface area contributed by atoms with E-state index in [9.17, 15) is 4.39 Å². The number of hydrogen-bond donors (Lipinski definition) is 1. The van der Waals surface area contributed by atoms with E-state index in [0.29, 0.717) is 18.7 Å². The van der Waals surface area contributed by atoms with Gasteiger partial charge in [-0.1, -0.05) is 28.9 Å². The fourth-order valence-electron chi connectivity index (χ4n) is 1.86. The highest BCUT2D eigenvalue weighted by molar-refractivity contribution is 9.10. The third kappa shape index (κ3) is 3.88. The third-order valence-electron chi connectivity index (χ3n) is 2.87. The van der Waals surface area contributed by atoms with Crippen LogP contribution < -0.4 is 5.32 Å². The van der Waals surface area contributed by atoms with E-state index in [1.165, 1.54) is 6.07 Å². The van der Waals surface area contributed by atoms with Gasteiger partial charge in [-0.3, -0.25) is 0 Å². The van der Waals surface area contributed by atoms with Crippen molar-refractivity contribution in [3.8, 4) is 0 Å². The molecule has 0 saturated carbocycles. The summed E-state index contributed by atoms with van der Waals surface area (Å²) in [5, 5.41) is 3.30. The van der Waals surface area contributed by atoms with Gasteiger partial charge in [-0.2, -0.15) is 0 Å². The number of hydrogen-bond acceptors (Lipinski definition) is 2. The van der Waals surface area contributed by atoms with Crippen molar-refractivity contribution < 1.29 is 4.39 Å². The fraction of sp³-hybridized carbons (Fsp3) is 0.357. The second-order valence-electron chi connectivity index (χ2n) is 4.38. The molecule has 1 heterocycles. The van der Waals surface area contributed by atoms with Crippen LogP contribution in [0.3, 0.4) is 0 Å². The van der Waals surface area contributed by atoms with Crippen molar-refractivity contribution in [1.29, 1.82) is 0 Å². The van der Waals surface area contributed by atoms with Crippen molar-refractivity contribution in [2.75, 3.05) is 6.54 Å². The quantitative estimate of drug-likeness (QED) is 0.825. The molecule has 0 unspecified atom stereocenters. The maximum Gasteiger partial charge on any atom is 0.129 e. The van der Waals surface area contributed by atoms with Crippen LogP contribution in [-0.4, -0.2) is 16.1 Å². The predicted molar refractivity (Wildman–Crippen MR) is 77.4 cm³/mol. The molecule has 0 aliphatic heterocycles. The first kappa shape index (κ1) is 14.2. The van der Waals surface area contributed by atoms with Gasteiger partial charge in [-0.25, -0.2) is 9.37 Å². The van der Waals surface area contributed by atoms with Crippen molar-refractivity contribution in [2.24, 2.45) is 0 Å². The number of nitrogens with zero attached hydrogens (tertiary/aromatic N) is 2. The molecule has 1 aromatic heterocycles. The van der Waals surface area contributed by atoms with Crippen molar-refractivity contribution in [3.05, 3.63) is 52.3 Å². The average Bonchev–Trinajstić information content (AvgIpc) is 2.81. The minimum atomic E-state index is -0.199. The van der Waals surface area contributed by atoms with Crippen molar-refractivity contribution in [3.63, 3.8) is 0 Å². The highest BCUT2D eigenvalue weighted by Crippen LogP contribution is 2.16. The van der Waals surface area contributed by atoms with Crippen LogP contribution in [0, 0.1) is 5.82 Å². The van der Waals surface area contributed by atoms with Gasteiger partial charge in [-0.15, -0.1) is 0 Å². The number of nitrogens with one attached hydrogen (secondary N) is 1. The highest BCUT2D eigenvalue weighted by Gasteiger charge is 2.07. The van der Waals surface area contributed by atoms with E-state index in [0.717, 1.165) is 23.3 Å². The number of halogens is 2. The molecule has 0 radical (unpaired) electrons. The van der Waals surface area contributed by atoms with E-state index in [1.54, 1.807) is 12.3 Å². The van der Waals surface area contributed by atoms with Crippen LogP contribution in [-0.2, 0) is 13.1 Å². The number of rotatable bonds is 6. The van der Waals surface area contributed by atoms with Gasteiger partial charge in [0.25, 0.3) is 0 Å². The molecular weight excluding hydrogens is 309 g/mol. The van der Waals surface area contributed by atoms with Gasteiger partial charge in [0.2, 0.25) is 0 Å². The first-order valence-electron chi connectivity index (χ1n) is 6.35. The molecule has 0 saturated heterocycles. The predicted octanol–water partition coefficient (Wildman–Crippen LogP) is 3.33. The van der Waals surface area contributed by atoms with Crippen LogP contribution in [0.1, 0.15) is 24.7 Å². The highest BCUT2D eigenvalue weighted by atomic mass is 79.9. The fourth-order valence-corrected chi connectivity index (χ4v) is 2.19. The molecule has 19 heavy (non-hydrogen) atoms. The molecule has 2 rings (SSSR count). The molecule has 0 aliphatic rings. The van der Waals surface area contributed by atoms with Crippen LogP contribution in [0.15, 0.2) is 35.1 Å². The zero-order valence-corrected chi connectivity index (χ0v) is 12.5. The van der Waals surface area contributed by atoms with Crippen LogP contribution in [0.5, 0.6) is 0 Å². The minimum Gasteiger partial charge on any atom is -0.329 e. The van der Waals surface area contributed by atoms with Gasteiger partial charge >= 0.3 is 0 Å². The Labute approximate surface area is 121 Å². The summed E-state index contributed by atoms with van der Waals surface area (Å²) < 4.78 is 16.5. The third-order valence-corrected chi connectivity index (χ3v) is 3.36. The topological polar surface area (TPSA) is 29.9 Å². The maximum atomic E-state index is 13.8. The van der Waals surface area contributed by atoms with Gasteiger partial charge in [0, 0.05) is 22.4 Å². The van der Waals surface area contributed by atoms with E-state index in [1.807, 2.05) is 16.8 Å². The lowest BCUT2D eigenvalue weighted by molar-refractivity contribution is 0.580. The zero-order valence-electron chi connectivity index (χ0n) is 10.9. The van der Waals surface area contributed by atoms with Crippen LogP contribution in [0.4, 0.5) is 4.39 Å². The molecule has 2 aromatic rings. The molecule has 0 aliphatic carbocycles. The summed E-state index contributed by atoms with van der Waals surface area (Å²) in [6, 6.07) is 5.13. The normalized spacial score (nSPS) is 10.9. The van der Waals surface area contributed by atoms with E-state index in [2.05, 4.69) is 33.2 Å². The molecule has 0 bridgehead atoms. The monoisotopic (exact) mass is 325 g/mol. The lowest BCUT2D eigenvalue weighted by atomic mass is 10.2. The van der Waals surface area contributed by atoms with Crippen molar-refractivity contribution >= 4 is 15.9 Å². The summed E-state index contributed by atoms with van der Waals surface area (Å²) in [6.07, 6.45) is 4.71. The smallest absolute Gasteiger partial charge is 0.129 e. The number of aromatic nitrogens is 2. The first-order chi connectivity index (χ1) is 9.20. The Hall–Kier alpha value is -1.20. The number of imidazole rings is 1. The molecule has 1 N–H and O–H groups in total. The van der Waals surface area contributed by atoms with Crippen LogP contribution >= 0.6 is 15.9 Å². The van der Waals surface area contributed by atoms with Crippen LogP contribution in [0.25, 0.3) is 0 Å². The summed E-state index contributed by atoms with van der Waals surface area (Å²) in [5.74, 6) is 0.728. The molecule has 5 heteroatoms. The maximum absolute atomic E-state index is 13.8. The molecule has 1 aromatic carbocycles. The second kappa shape index (κ2) is 6.82. The molecule has 3 nitrogen and oxygen atoms in total. The standard InChI is InChI=1S/C14H17BrFN3/c1-2-5-17-9-14-18-6-7-19(14)10-11-3-4-12(15)8-13(11)16/h3-4,6-8,17H,2,5,9-10H2,1H3. The summed E-state index contributed by atoms with van der Waals surface area (Å²) >= 11 is 3.26. The molecule has 0 fully saturated rings. The van der Waals surface area contributed by atoms with Gasteiger partial charge < -0.3 is 9.88 Å². The summed E-state index contributed by atoms with van der Waals surface area (Å²) in [5.41, 5.74) is 0.665. The van der Waals surface area contributed by atoms with E-state index < -0.39 is 0 Å². The minimum absolute atomic E-state index is 0.199. The summed E-state index contributed by atoms with van der Waals surface area (Å²) in [6.45, 7) is 4.29. The summed E-state index contributed by atoms with van der Waals surface area (Å²) in [7, 11) is 0. The SMILES string of the molecule is CCCNCc1nccn1Cc1ccc(Br)cc1F. The largest absolute Gasteiger partial charge is 0.329 e. The van der Waals surface area contributed by atoms with Crippen molar-refractivity contribution in [1.82, 2.24) is 14.9 Å². The Morgan fingerprint density at radius 2 is 2.26 bits per heavy atom. The van der Waals surface area contributed by atoms with E-state index >= 15 is 0 Å². The summed E-state index contributed by atoms with van der Waals surface area (Å²) in [4.78, 5) is 4.30. The van der Waals surface area contributed by atoms with Crippen LogP contribution in [0.2, 0.25) is 0 Å². The van der Waals surface area contributed by atoms with Crippen molar-refractivity contribution in [2.45, 2.75) is 26.4 Å². The molecule has 0 atom stereocenters. The Balaban J connectivity index is 2.08. The molecule has 0 spiro atoms. The van der Waals surface area contributed by atoms with E-state index in [-0.39, 0.29) is 5.82 Å². The lowest BCUT2D eigenvalue weighted by Gasteiger charge is -2.09. The second-order valence-corrected chi connectivity index (χ2v) is 5.30. The Kier molecular flexibility index (Phi) is 5.10. The lowest BCUT2D eigenvalue weighted by Crippen LogP contribution is -2.18. The molecular formula is C14H17BrFN3. The average molecular weight is 326 g/mol. The van der Waals surface area contributed by atoms with Gasteiger partial charge in [0.1, 0.15) is 11.6 Å². The Morgan fingerprint density at radius 3 is 3.00 bits per heavy atom. The van der Waals surface area contributed by atoms with Gasteiger partial charge in [-0.05, 0) is 25.1 Å².